The minimum Gasteiger partial charge on any atom is -0.476 e. The highest BCUT2D eigenvalue weighted by Crippen LogP contribution is 2.42. The Labute approximate surface area is 173 Å². The smallest absolute Gasteiger partial charge is 0.356 e. The molecule has 0 aliphatic heterocycles. The van der Waals surface area contributed by atoms with Crippen molar-refractivity contribution in [3.05, 3.63) is 120 Å². The second kappa shape index (κ2) is 7.97. The zero-order valence-corrected chi connectivity index (χ0v) is 16.7. The number of thioether (sulfide) groups is 1. The van der Waals surface area contributed by atoms with Crippen LogP contribution in [-0.4, -0.2) is 26.9 Å². The van der Waals surface area contributed by atoms with Gasteiger partial charge in [0, 0.05) is 6.20 Å². The van der Waals surface area contributed by atoms with Crippen LogP contribution in [0, 0.1) is 0 Å². The normalized spacial score (nSPS) is 11.3. The maximum Gasteiger partial charge on any atom is 0.356 e. The Kier molecular flexibility index (Phi) is 5.23. The minimum atomic E-state index is -1.04. The molecule has 29 heavy (non-hydrogen) atoms. The third-order valence-corrected chi connectivity index (χ3v) is 5.66. The second-order valence-electron chi connectivity index (χ2n) is 6.60. The molecule has 4 aromatic rings. The molecule has 0 spiro atoms. The van der Waals surface area contributed by atoms with E-state index in [4.69, 9.17) is 0 Å². The number of carboxylic acid groups (broad SMARTS) is 1. The van der Waals surface area contributed by atoms with E-state index in [0.717, 1.165) is 16.7 Å². The molecule has 0 aliphatic rings. The Hall–Kier alpha value is -3.31. The summed E-state index contributed by atoms with van der Waals surface area (Å²) in [5, 5.41) is 10.2. The van der Waals surface area contributed by atoms with Gasteiger partial charge in [0.25, 0.3) is 0 Å². The summed E-state index contributed by atoms with van der Waals surface area (Å²) in [7, 11) is 0. The fraction of sp³-hybridized carbons (Fsp3) is 0.0833. The van der Waals surface area contributed by atoms with Crippen LogP contribution in [0.25, 0.3) is 0 Å². The molecule has 0 radical (unpaired) electrons. The van der Waals surface area contributed by atoms with Crippen molar-refractivity contribution < 1.29 is 9.90 Å². The predicted octanol–water partition coefficient (Wildman–Crippen LogP) is 5.14. The van der Waals surface area contributed by atoms with Crippen molar-refractivity contribution in [1.82, 2.24) is 9.55 Å². The topological polar surface area (TPSA) is 55.1 Å². The van der Waals surface area contributed by atoms with E-state index in [1.54, 1.807) is 6.20 Å². The van der Waals surface area contributed by atoms with Crippen molar-refractivity contribution in [3.63, 3.8) is 0 Å². The van der Waals surface area contributed by atoms with Crippen LogP contribution >= 0.6 is 11.8 Å². The predicted molar refractivity (Wildman–Crippen MR) is 116 cm³/mol. The lowest BCUT2D eigenvalue weighted by Crippen LogP contribution is -2.37. The maximum absolute atomic E-state index is 11.7. The average molecular weight is 401 g/mol. The van der Waals surface area contributed by atoms with E-state index < -0.39 is 11.5 Å². The van der Waals surface area contributed by atoms with Crippen molar-refractivity contribution in [1.29, 1.82) is 0 Å². The molecule has 4 nitrogen and oxygen atoms in total. The third-order valence-electron chi connectivity index (χ3n) is 5.01. The van der Waals surface area contributed by atoms with Crippen LogP contribution in [0.1, 0.15) is 27.2 Å². The van der Waals surface area contributed by atoms with E-state index in [2.05, 4.69) is 41.4 Å². The van der Waals surface area contributed by atoms with Gasteiger partial charge in [0.05, 0.1) is 0 Å². The largest absolute Gasteiger partial charge is 0.476 e. The molecule has 0 saturated heterocycles. The van der Waals surface area contributed by atoms with Crippen molar-refractivity contribution in [2.75, 3.05) is 6.26 Å². The monoisotopic (exact) mass is 400 g/mol. The van der Waals surface area contributed by atoms with Crippen molar-refractivity contribution in [2.45, 2.75) is 10.7 Å². The summed E-state index contributed by atoms with van der Waals surface area (Å²) in [5.41, 5.74) is 2.36. The Morgan fingerprint density at radius 1 is 0.828 bits per heavy atom. The number of hydrogen-bond acceptors (Lipinski definition) is 3. The molecule has 4 rings (SSSR count). The second-order valence-corrected chi connectivity index (χ2v) is 7.37. The van der Waals surface area contributed by atoms with Gasteiger partial charge in [0.2, 0.25) is 0 Å². The average Bonchev–Trinajstić information content (AvgIpc) is 3.22. The van der Waals surface area contributed by atoms with Gasteiger partial charge in [-0.25, -0.2) is 9.78 Å². The van der Waals surface area contributed by atoms with Crippen LogP contribution in [0.2, 0.25) is 0 Å². The third kappa shape index (κ3) is 3.23. The Morgan fingerprint density at radius 3 is 1.59 bits per heavy atom. The van der Waals surface area contributed by atoms with Gasteiger partial charge >= 0.3 is 5.97 Å². The quantitative estimate of drug-likeness (QED) is 0.359. The SMILES string of the molecule is CSc1nc(C(=O)O)cn1C(c1ccccc1)(c1ccccc1)c1ccccc1. The first-order valence-electron chi connectivity index (χ1n) is 9.21. The van der Waals surface area contributed by atoms with Crippen LogP contribution in [-0.2, 0) is 5.54 Å². The zero-order valence-electron chi connectivity index (χ0n) is 15.9. The molecule has 144 valence electrons. The summed E-state index contributed by atoms with van der Waals surface area (Å²) in [4.78, 5) is 16.1. The number of nitrogens with zero attached hydrogens (tertiary/aromatic N) is 2. The molecule has 0 amide bonds. The van der Waals surface area contributed by atoms with E-state index in [1.807, 2.05) is 65.4 Å². The van der Waals surface area contributed by atoms with Crippen molar-refractivity contribution in [3.8, 4) is 0 Å². The molecule has 0 atom stereocenters. The number of imidazole rings is 1. The van der Waals surface area contributed by atoms with Gasteiger partial charge in [-0.05, 0) is 22.9 Å². The summed E-state index contributed by atoms with van der Waals surface area (Å²) in [6.07, 6.45) is 3.55. The fourth-order valence-electron chi connectivity index (χ4n) is 3.81. The molecule has 1 N–H and O–H groups in total. The molecular weight excluding hydrogens is 380 g/mol. The number of aromatic nitrogens is 2. The van der Waals surface area contributed by atoms with Crippen molar-refractivity contribution in [2.24, 2.45) is 0 Å². The Bertz CT molecular complexity index is 1010. The highest BCUT2D eigenvalue weighted by atomic mass is 32.2. The number of carboxylic acids is 1. The van der Waals surface area contributed by atoms with Crippen LogP contribution in [0.5, 0.6) is 0 Å². The highest BCUT2D eigenvalue weighted by molar-refractivity contribution is 7.98. The standard InChI is InChI=1S/C24H20N2O2S/c1-29-23-25-21(22(27)28)17-26(23)24(18-11-5-2-6-12-18,19-13-7-3-8-14-19)20-15-9-4-10-16-20/h2-17H,1H3,(H,27,28). The van der Waals surface area contributed by atoms with E-state index in [1.165, 1.54) is 11.8 Å². The maximum atomic E-state index is 11.7. The summed E-state index contributed by atoms with van der Waals surface area (Å²) in [6.45, 7) is 0. The molecule has 1 heterocycles. The number of aromatic carboxylic acids is 1. The number of rotatable bonds is 6. The van der Waals surface area contributed by atoms with Crippen LogP contribution in [0.3, 0.4) is 0 Å². The van der Waals surface area contributed by atoms with Gasteiger partial charge in [0.1, 0.15) is 5.54 Å². The van der Waals surface area contributed by atoms with Gasteiger partial charge in [-0.15, -0.1) is 0 Å². The molecule has 0 bridgehead atoms. The van der Waals surface area contributed by atoms with E-state index in [9.17, 15) is 9.90 Å². The summed E-state index contributed by atoms with van der Waals surface area (Å²) in [5.74, 6) is -1.04. The van der Waals surface area contributed by atoms with Gasteiger partial charge < -0.3 is 9.67 Å². The highest BCUT2D eigenvalue weighted by Gasteiger charge is 2.40. The summed E-state index contributed by atoms with van der Waals surface area (Å²) < 4.78 is 1.99. The van der Waals surface area contributed by atoms with Gasteiger partial charge in [-0.1, -0.05) is 103 Å². The van der Waals surface area contributed by atoms with Crippen molar-refractivity contribution >= 4 is 17.7 Å². The minimum absolute atomic E-state index is 0.0292. The molecule has 3 aromatic carbocycles. The summed E-state index contributed by atoms with van der Waals surface area (Å²) >= 11 is 1.43. The first kappa shape index (κ1) is 19.0. The van der Waals surface area contributed by atoms with Gasteiger partial charge in [0.15, 0.2) is 10.9 Å². The van der Waals surface area contributed by atoms with Crippen LogP contribution in [0.4, 0.5) is 0 Å². The molecule has 5 heteroatoms. The summed E-state index contributed by atoms with van der Waals surface area (Å²) in [6, 6.07) is 30.4. The Balaban J connectivity index is 2.17. The molecule has 0 fully saturated rings. The lowest BCUT2D eigenvalue weighted by molar-refractivity contribution is 0.0690. The molecule has 1 aromatic heterocycles. The fourth-order valence-corrected chi connectivity index (χ4v) is 4.38. The Morgan fingerprint density at radius 2 is 1.24 bits per heavy atom. The molecule has 0 aliphatic carbocycles. The van der Waals surface area contributed by atoms with Gasteiger partial charge in [-0.2, -0.15) is 0 Å². The zero-order chi connectivity index (χ0) is 20.3. The van der Waals surface area contributed by atoms with Crippen LogP contribution in [0.15, 0.2) is 102 Å². The molecule has 0 saturated carbocycles. The first-order chi connectivity index (χ1) is 14.2. The first-order valence-corrected chi connectivity index (χ1v) is 10.4. The van der Waals surface area contributed by atoms with E-state index >= 15 is 0 Å². The molecular formula is C24H20N2O2S. The number of benzene rings is 3. The van der Waals surface area contributed by atoms with Gasteiger partial charge in [-0.3, -0.25) is 0 Å². The number of carbonyl (C=O) groups is 1. The lowest BCUT2D eigenvalue weighted by Gasteiger charge is -2.38. The van der Waals surface area contributed by atoms with Crippen LogP contribution < -0.4 is 0 Å². The van der Waals surface area contributed by atoms with E-state index in [-0.39, 0.29) is 5.69 Å². The number of hydrogen-bond donors (Lipinski definition) is 1. The van der Waals surface area contributed by atoms with E-state index in [0.29, 0.717) is 5.16 Å². The lowest BCUT2D eigenvalue weighted by atomic mass is 9.77. The molecule has 0 unspecified atom stereocenters.